The Labute approximate surface area is 148 Å². The van der Waals surface area contributed by atoms with Gasteiger partial charge in [-0.1, -0.05) is 17.3 Å². The maximum absolute atomic E-state index is 13.0. The number of hydrogen-bond donors (Lipinski definition) is 1. The van der Waals surface area contributed by atoms with Crippen molar-refractivity contribution < 1.29 is 27.3 Å². The molecule has 1 aromatic carbocycles. The predicted octanol–water partition coefficient (Wildman–Crippen LogP) is 3.41. The van der Waals surface area contributed by atoms with E-state index in [2.05, 4.69) is 10.5 Å². The van der Waals surface area contributed by atoms with Gasteiger partial charge in [0.15, 0.2) is 0 Å². The van der Waals surface area contributed by atoms with Gasteiger partial charge in [-0.25, -0.2) is 0 Å². The number of aromatic nitrogens is 1. The standard InChI is InChI=1S/C17H18F3N3O3/c1-4-23(16(25)15-10(2)22-26-11(15)3)9-14(24)21-13-8-6-5-7-12(13)17(18,19)20/h5-8H,4,9H2,1-3H3,(H,21,24). The molecule has 2 rings (SSSR count). The van der Waals surface area contributed by atoms with Gasteiger partial charge in [-0.15, -0.1) is 0 Å². The summed E-state index contributed by atoms with van der Waals surface area (Å²) in [6.07, 6.45) is -4.60. The fourth-order valence-corrected chi connectivity index (χ4v) is 2.48. The second-order valence-corrected chi connectivity index (χ2v) is 5.61. The Morgan fingerprint density at radius 1 is 1.23 bits per heavy atom. The predicted molar refractivity (Wildman–Crippen MR) is 87.6 cm³/mol. The fourth-order valence-electron chi connectivity index (χ4n) is 2.48. The average Bonchev–Trinajstić information content (AvgIpc) is 2.90. The van der Waals surface area contributed by atoms with Crippen LogP contribution in [0.1, 0.15) is 34.3 Å². The van der Waals surface area contributed by atoms with Gasteiger partial charge in [-0.3, -0.25) is 9.59 Å². The van der Waals surface area contributed by atoms with Crippen molar-refractivity contribution in [1.29, 1.82) is 0 Å². The third-order valence-electron chi connectivity index (χ3n) is 3.76. The van der Waals surface area contributed by atoms with Crippen LogP contribution in [0.4, 0.5) is 18.9 Å². The van der Waals surface area contributed by atoms with Crippen LogP contribution in [0.3, 0.4) is 0 Å². The minimum absolute atomic E-state index is 0.192. The molecule has 0 radical (unpaired) electrons. The monoisotopic (exact) mass is 369 g/mol. The molecule has 0 saturated heterocycles. The summed E-state index contributed by atoms with van der Waals surface area (Å²) in [5, 5.41) is 5.91. The molecular formula is C17H18F3N3O3. The van der Waals surface area contributed by atoms with Crippen LogP contribution in [0, 0.1) is 13.8 Å². The number of aryl methyl sites for hydroxylation is 2. The first-order chi connectivity index (χ1) is 12.1. The van der Waals surface area contributed by atoms with Crippen molar-refractivity contribution >= 4 is 17.5 Å². The molecule has 140 valence electrons. The van der Waals surface area contributed by atoms with E-state index in [0.717, 1.165) is 12.1 Å². The lowest BCUT2D eigenvalue weighted by atomic mass is 10.1. The number of hydrogen-bond acceptors (Lipinski definition) is 4. The average molecular weight is 369 g/mol. The number of anilines is 1. The van der Waals surface area contributed by atoms with Crippen molar-refractivity contribution in [3.05, 3.63) is 46.8 Å². The molecule has 1 N–H and O–H groups in total. The molecule has 0 aliphatic rings. The van der Waals surface area contributed by atoms with Gasteiger partial charge < -0.3 is 14.7 Å². The zero-order valence-electron chi connectivity index (χ0n) is 14.5. The summed E-state index contributed by atoms with van der Waals surface area (Å²) in [5.41, 5.74) is -0.677. The van der Waals surface area contributed by atoms with E-state index in [4.69, 9.17) is 4.52 Å². The van der Waals surface area contributed by atoms with Gasteiger partial charge in [0, 0.05) is 6.54 Å². The van der Waals surface area contributed by atoms with Crippen LogP contribution in [0.15, 0.2) is 28.8 Å². The number of benzene rings is 1. The zero-order valence-corrected chi connectivity index (χ0v) is 14.5. The van der Waals surface area contributed by atoms with E-state index in [-0.39, 0.29) is 17.8 Å². The van der Waals surface area contributed by atoms with E-state index >= 15 is 0 Å². The quantitative estimate of drug-likeness (QED) is 0.876. The van der Waals surface area contributed by atoms with E-state index in [0.29, 0.717) is 11.5 Å². The van der Waals surface area contributed by atoms with Crippen LogP contribution in [0.2, 0.25) is 0 Å². The highest BCUT2D eigenvalue weighted by atomic mass is 19.4. The molecular weight excluding hydrogens is 351 g/mol. The van der Waals surface area contributed by atoms with Crippen LogP contribution in [0.25, 0.3) is 0 Å². The Morgan fingerprint density at radius 2 is 1.88 bits per heavy atom. The summed E-state index contributed by atoms with van der Waals surface area (Å²) in [6.45, 7) is 4.62. The number of nitrogens with one attached hydrogen (secondary N) is 1. The summed E-state index contributed by atoms with van der Waals surface area (Å²) in [5.74, 6) is -0.888. The maximum atomic E-state index is 13.0. The number of alkyl halides is 3. The first kappa shape index (κ1) is 19.5. The van der Waals surface area contributed by atoms with E-state index in [9.17, 15) is 22.8 Å². The summed E-state index contributed by atoms with van der Waals surface area (Å²) in [4.78, 5) is 26.0. The van der Waals surface area contributed by atoms with Gasteiger partial charge >= 0.3 is 6.18 Å². The Morgan fingerprint density at radius 3 is 2.42 bits per heavy atom. The number of carbonyl (C=O) groups excluding carboxylic acids is 2. The summed E-state index contributed by atoms with van der Waals surface area (Å²) < 4.78 is 43.9. The van der Waals surface area contributed by atoms with Gasteiger partial charge in [0.25, 0.3) is 5.91 Å². The molecule has 0 saturated carbocycles. The summed E-state index contributed by atoms with van der Waals surface area (Å²) in [6, 6.07) is 4.66. The highest BCUT2D eigenvalue weighted by molar-refractivity contribution is 6.00. The highest BCUT2D eigenvalue weighted by Crippen LogP contribution is 2.34. The van der Waals surface area contributed by atoms with Crippen LogP contribution < -0.4 is 5.32 Å². The molecule has 9 heteroatoms. The number of halogens is 3. The van der Waals surface area contributed by atoms with Crippen molar-refractivity contribution in [3.8, 4) is 0 Å². The van der Waals surface area contributed by atoms with Crippen molar-refractivity contribution in [1.82, 2.24) is 10.1 Å². The summed E-state index contributed by atoms with van der Waals surface area (Å²) >= 11 is 0. The van der Waals surface area contributed by atoms with Gasteiger partial charge in [-0.2, -0.15) is 13.2 Å². The van der Waals surface area contributed by atoms with Crippen molar-refractivity contribution in [2.24, 2.45) is 0 Å². The molecule has 0 fully saturated rings. The Balaban J connectivity index is 2.15. The third kappa shape index (κ3) is 4.22. The van der Waals surface area contributed by atoms with Crippen LogP contribution in [0.5, 0.6) is 0 Å². The van der Waals surface area contributed by atoms with Crippen LogP contribution in [-0.4, -0.2) is 35.0 Å². The first-order valence-electron chi connectivity index (χ1n) is 7.83. The molecule has 0 atom stereocenters. The number of likely N-dealkylation sites (N-methyl/N-ethyl adjacent to an activating group) is 1. The highest BCUT2D eigenvalue weighted by Gasteiger charge is 2.33. The summed E-state index contributed by atoms with van der Waals surface area (Å²) in [7, 11) is 0. The second-order valence-electron chi connectivity index (χ2n) is 5.61. The molecule has 0 spiro atoms. The lowest BCUT2D eigenvalue weighted by molar-refractivity contribution is -0.137. The Bertz CT molecular complexity index is 796. The Kier molecular flexibility index (Phi) is 5.69. The number of nitrogens with zero attached hydrogens (tertiary/aromatic N) is 2. The van der Waals surface area contributed by atoms with Gasteiger partial charge in [0.2, 0.25) is 5.91 Å². The lowest BCUT2D eigenvalue weighted by Gasteiger charge is -2.21. The number of rotatable bonds is 5. The smallest absolute Gasteiger partial charge is 0.361 e. The largest absolute Gasteiger partial charge is 0.418 e. The van der Waals surface area contributed by atoms with Gasteiger partial charge in [0.05, 0.1) is 16.9 Å². The second kappa shape index (κ2) is 7.59. The molecule has 2 amide bonds. The molecule has 1 aromatic heterocycles. The fraction of sp³-hybridized carbons (Fsp3) is 0.353. The zero-order chi connectivity index (χ0) is 19.5. The van der Waals surface area contributed by atoms with Gasteiger partial charge in [0.1, 0.15) is 17.9 Å². The molecule has 26 heavy (non-hydrogen) atoms. The number of amides is 2. The molecule has 2 aromatic rings. The third-order valence-corrected chi connectivity index (χ3v) is 3.76. The molecule has 6 nitrogen and oxygen atoms in total. The molecule has 0 aliphatic carbocycles. The molecule has 0 aliphatic heterocycles. The maximum Gasteiger partial charge on any atom is 0.418 e. The van der Waals surface area contributed by atoms with E-state index < -0.39 is 30.1 Å². The molecule has 0 unspecified atom stereocenters. The first-order valence-corrected chi connectivity index (χ1v) is 7.83. The van der Waals surface area contributed by atoms with Gasteiger partial charge in [-0.05, 0) is 32.9 Å². The minimum atomic E-state index is -4.60. The topological polar surface area (TPSA) is 75.4 Å². The van der Waals surface area contributed by atoms with Crippen molar-refractivity contribution in [3.63, 3.8) is 0 Å². The van der Waals surface area contributed by atoms with Crippen LogP contribution in [-0.2, 0) is 11.0 Å². The molecule has 1 heterocycles. The normalized spacial score (nSPS) is 11.3. The Hall–Kier alpha value is -2.84. The molecule has 0 bridgehead atoms. The van der Waals surface area contributed by atoms with E-state index in [1.54, 1.807) is 20.8 Å². The SMILES string of the molecule is CCN(CC(=O)Nc1ccccc1C(F)(F)F)C(=O)c1c(C)noc1C. The van der Waals surface area contributed by atoms with Crippen molar-refractivity contribution in [2.75, 3.05) is 18.4 Å². The van der Waals surface area contributed by atoms with Crippen molar-refractivity contribution in [2.45, 2.75) is 26.9 Å². The minimum Gasteiger partial charge on any atom is -0.361 e. The number of para-hydroxylation sites is 1. The van der Waals surface area contributed by atoms with E-state index in [1.165, 1.54) is 17.0 Å². The number of carbonyl (C=O) groups is 2. The lowest BCUT2D eigenvalue weighted by Crippen LogP contribution is -2.38. The van der Waals surface area contributed by atoms with Crippen LogP contribution >= 0.6 is 0 Å². The van der Waals surface area contributed by atoms with E-state index in [1.807, 2.05) is 0 Å².